The van der Waals surface area contributed by atoms with E-state index in [1.54, 1.807) is 0 Å². The fourth-order valence-electron chi connectivity index (χ4n) is 2.79. The molecule has 0 spiro atoms. The fraction of sp³-hybridized carbons (Fsp3) is 0.562. The molecule has 0 N–H and O–H groups in total. The van der Waals surface area contributed by atoms with Crippen molar-refractivity contribution in [2.75, 3.05) is 0 Å². The monoisotopic (exact) mass is 244 g/mol. The van der Waals surface area contributed by atoms with E-state index in [9.17, 15) is 4.79 Å². The van der Waals surface area contributed by atoms with Gasteiger partial charge in [0, 0.05) is 11.0 Å². The Kier molecular flexibility index (Phi) is 2.89. The number of carbonyl (C=O) groups is 1. The van der Waals surface area contributed by atoms with E-state index in [2.05, 4.69) is 6.92 Å². The normalized spacial score (nSPS) is 21.8. The molecule has 0 atom stereocenters. The second-order valence-electron chi connectivity index (χ2n) is 5.94. The zero-order chi connectivity index (χ0) is 12.6. The Hall–Kier alpha value is -1.31. The van der Waals surface area contributed by atoms with E-state index in [0.29, 0.717) is 11.9 Å². The summed E-state index contributed by atoms with van der Waals surface area (Å²) in [6.45, 7) is 2.11. The highest BCUT2D eigenvalue weighted by Crippen LogP contribution is 2.40. The molecule has 1 aromatic carbocycles. The molecule has 18 heavy (non-hydrogen) atoms. The zero-order valence-electron chi connectivity index (χ0n) is 10.9. The predicted molar refractivity (Wildman–Crippen MR) is 71.0 cm³/mol. The van der Waals surface area contributed by atoms with Crippen LogP contribution in [0.2, 0.25) is 0 Å². The van der Waals surface area contributed by atoms with E-state index in [1.165, 1.54) is 25.7 Å². The minimum Gasteiger partial charge on any atom is -0.490 e. The van der Waals surface area contributed by atoms with Crippen molar-refractivity contribution < 1.29 is 9.53 Å². The average molecular weight is 244 g/mol. The van der Waals surface area contributed by atoms with Gasteiger partial charge in [-0.3, -0.25) is 4.79 Å². The van der Waals surface area contributed by atoms with Gasteiger partial charge in [-0.15, -0.1) is 0 Å². The first-order valence-electron chi connectivity index (χ1n) is 6.99. The first kappa shape index (κ1) is 11.8. The summed E-state index contributed by atoms with van der Waals surface area (Å²) in [5, 5.41) is 0. The minimum absolute atomic E-state index is 0.126. The number of hydrogen-bond donors (Lipinski definition) is 0. The third kappa shape index (κ3) is 2.29. The molecule has 2 fully saturated rings. The number of carbonyl (C=O) groups excluding carboxylic acids is 1. The molecule has 2 aliphatic rings. The fourth-order valence-corrected chi connectivity index (χ4v) is 2.79. The Morgan fingerprint density at radius 2 is 1.78 bits per heavy atom. The molecule has 0 aliphatic heterocycles. The molecular weight excluding hydrogens is 224 g/mol. The van der Waals surface area contributed by atoms with Crippen LogP contribution in [0.5, 0.6) is 5.75 Å². The molecule has 0 unspecified atom stereocenters. The summed E-state index contributed by atoms with van der Waals surface area (Å²) in [5.41, 5.74) is 0.710. The van der Waals surface area contributed by atoms with Crippen molar-refractivity contribution in [3.8, 4) is 5.75 Å². The smallest absolute Gasteiger partial charge is 0.168 e. The number of ether oxygens (including phenoxy) is 1. The lowest BCUT2D eigenvalue weighted by Crippen LogP contribution is -2.24. The lowest BCUT2D eigenvalue weighted by molar-refractivity contribution is 0.0823. The Bertz CT molecular complexity index is 437. The quantitative estimate of drug-likeness (QED) is 0.748. The van der Waals surface area contributed by atoms with Gasteiger partial charge in [0.1, 0.15) is 5.75 Å². The lowest BCUT2D eigenvalue weighted by Gasteiger charge is -2.21. The van der Waals surface area contributed by atoms with Gasteiger partial charge >= 0.3 is 0 Å². The first-order chi connectivity index (χ1) is 8.67. The van der Waals surface area contributed by atoms with Crippen molar-refractivity contribution in [2.24, 2.45) is 5.41 Å². The van der Waals surface area contributed by atoms with E-state index in [4.69, 9.17) is 4.74 Å². The van der Waals surface area contributed by atoms with Crippen LogP contribution in [0, 0.1) is 5.41 Å². The molecule has 2 heteroatoms. The van der Waals surface area contributed by atoms with Gasteiger partial charge in [0.15, 0.2) is 5.78 Å². The number of ketones is 1. The molecule has 0 radical (unpaired) electrons. The average Bonchev–Trinajstić information content (AvgIpc) is 3.09. The molecule has 2 nitrogen and oxygen atoms in total. The Morgan fingerprint density at radius 1 is 1.17 bits per heavy atom. The van der Waals surface area contributed by atoms with E-state index < -0.39 is 0 Å². The Labute approximate surface area is 108 Å². The molecule has 1 aromatic rings. The third-order valence-corrected chi connectivity index (χ3v) is 4.20. The highest BCUT2D eigenvalue weighted by Gasteiger charge is 2.36. The molecule has 2 aliphatic carbocycles. The van der Waals surface area contributed by atoms with E-state index >= 15 is 0 Å². The van der Waals surface area contributed by atoms with Crippen LogP contribution in [0.4, 0.5) is 0 Å². The molecule has 2 saturated carbocycles. The highest BCUT2D eigenvalue weighted by atomic mass is 16.5. The van der Waals surface area contributed by atoms with E-state index in [-0.39, 0.29) is 5.41 Å². The predicted octanol–water partition coefficient (Wildman–Crippen LogP) is 3.99. The van der Waals surface area contributed by atoms with Gasteiger partial charge in [-0.2, -0.15) is 0 Å². The molecule has 3 rings (SSSR count). The minimum atomic E-state index is -0.126. The van der Waals surface area contributed by atoms with Gasteiger partial charge in [-0.05, 0) is 49.9 Å². The van der Waals surface area contributed by atoms with E-state index in [1.807, 2.05) is 24.3 Å². The standard InChI is InChI=1S/C16H20O2/c1-16(10-2-3-11-16)15(17)12-4-6-13(7-5-12)18-14-8-9-14/h4-7,14H,2-3,8-11H2,1H3. The summed E-state index contributed by atoms with van der Waals surface area (Å²) in [5.74, 6) is 1.20. The highest BCUT2D eigenvalue weighted by molar-refractivity contribution is 6.00. The summed E-state index contributed by atoms with van der Waals surface area (Å²) in [6.07, 6.45) is 7.19. The second kappa shape index (κ2) is 4.42. The van der Waals surface area contributed by atoms with Gasteiger partial charge < -0.3 is 4.74 Å². The first-order valence-corrected chi connectivity index (χ1v) is 6.99. The number of hydrogen-bond acceptors (Lipinski definition) is 2. The maximum atomic E-state index is 12.5. The van der Waals surface area contributed by atoms with Gasteiger partial charge in [0.25, 0.3) is 0 Å². The van der Waals surface area contributed by atoms with Gasteiger partial charge in [0.05, 0.1) is 6.10 Å². The van der Waals surface area contributed by atoms with Crippen molar-refractivity contribution in [1.29, 1.82) is 0 Å². The third-order valence-electron chi connectivity index (χ3n) is 4.20. The van der Waals surface area contributed by atoms with Crippen molar-refractivity contribution >= 4 is 5.78 Å². The molecule has 0 heterocycles. The summed E-state index contributed by atoms with van der Waals surface area (Å²) in [4.78, 5) is 12.5. The van der Waals surface area contributed by atoms with Crippen LogP contribution in [0.15, 0.2) is 24.3 Å². The maximum absolute atomic E-state index is 12.5. The van der Waals surface area contributed by atoms with Gasteiger partial charge in [-0.1, -0.05) is 19.8 Å². The SMILES string of the molecule is CC1(C(=O)c2ccc(OC3CC3)cc2)CCCC1. The van der Waals surface area contributed by atoms with Crippen LogP contribution in [-0.2, 0) is 0 Å². The van der Waals surface area contributed by atoms with Crippen molar-refractivity contribution in [2.45, 2.75) is 51.6 Å². The molecule has 0 amide bonds. The van der Waals surface area contributed by atoms with Crippen molar-refractivity contribution in [3.63, 3.8) is 0 Å². The Balaban J connectivity index is 1.73. The topological polar surface area (TPSA) is 26.3 Å². The molecule has 0 saturated heterocycles. The van der Waals surface area contributed by atoms with Crippen LogP contribution in [-0.4, -0.2) is 11.9 Å². The van der Waals surface area contributed by atoms with Crippen LogP contribution in [0.1, 0.15) is 55.8 Å². The summed E-state index contributed by atoms with van der Waals surface area (Å²) in [7, 11) is 0. The van der Waals surface area contributed by atoms with Gasteiger partial charge in [0.2, 0.25) is 0 Å². The summed E-state index contributed by atoms with van der Waals surface area (Å²) < 4.78 is 5.70. The van der Waals surface area contributed by atoms with Crippen LogP contribution in [0.25, 0.3) is 0 Å². The molecular formula is C16H20O2. The van der Waals surface area contributed by atoms with Crippen LogP contribution >= 0.6 is 0 Å². The molecule has 96 valence electrons. The van der Waals surface area contributed by atoms with Crippen LogP contribution in [0.3, 0.4) is 0 Å². The molecule has 0 bridgehead atoms. The lowest BCUT2D eigenvalue weighted by atomic mass is 9.81. The van der Waals surface area contributed by atoms with Crippen molar-refractivity contribution in [1.82, 2.24) is 0 Å². The maximum Gasteiger partial charge on any atom is 0.168 e. The van der Waals surface area contributed by atoms with Crippen LogP contribution < -0.4 is 4.74 Å². The number of Topliss-reactive ketones (excluding diaryl/α,β-unsaturated/α-hetero) is 1. The van der Waals surface area contributed by atoms with E-state index in [0.717, 1.165) is 24.2 Å². The molecule has 0 aromatic heterocycles. The van der Waals surface area contributed by atoms with Crippen molar-refractivity contribution in [3.05, 3.63) is 29.8 Å². The van der Waals surface area contributed by atoms with Gasteiger partial charge in [-0.25, -0.2) is 0 Å². The number of benzene rings is 1. The summed E-state index contributed by atoms with van der Waals surface area (Å²) >= 11 is 0. The number of rotatable bonds is 4. The summed E-state index contributed by atoms with van der Waals surface area (Å²) in [6, 6.07) is 7.71. The zero-order valence-corrected chi connectivity index (χ0v) is 10.9. The Morgan fingerprint density at radius 3 is 2.33 bits per heavy atom. The largest absolute Gasteiger partial charge is 0.490 e. The second-order valence-corrected chi connectivity index (χ2v) is 5.94.